The van der Waals surface area contributed by atoms with E-state index in [0.717, 1.165) is 60.4 Å². The van der Waals surface area contributed by atoms with Crippen LogP contribution in [0.4, 0.5) is 0 Å². The molecule has 0 aliphatic heterocycles. The first kappa shape index (κ1) is 26.4. The summed E-state index contributed by atoms with van der Waals surface area (Å²) >= 11 is 0. The maximum Gasteiger partial charge on any atom is 0.266 e. The predicted octanol–water partition coefficient (Wildman–Crippen LogP) is 9.75. The van der Waals surface area contributed by atoms with Crippen molar-refractivity contribution < 1.29 is 0 Å². The zero-order valence-electron chi connectivity index (χ0n) is 26.1. The molecule has 4 heterocycles. The van der Waals surface area contributed by atoms with Gasteiger partial charge in [-0.2, -0.15) is 0 Å². The van der Waals surface area contributed by atoms with Crippen LogP contribution in [0.15, 0.2) is 161 Å². The van der Waals surface area contributed by atoms with Crippen molar-refractivity contribution in [2.24, 2.45) is 0 Å². The van der Waals surface area contributed by atoms with Gasteiger partial charge in [-0.15, -0.1) is 0 Å². The molecule has 11 rings (SSSR count). The Labute approximate surface area is 278 Å². The Morgan fingerprint density at radius 3 is 1.47 bits per heavy atom. The van der Waals surface area contributed by atoms with Gasteiger partial charge in [-0.1, -0.05) is 97.1 Å². The van der Waals surface area contributed by atoms with Crippen molar-refractivity contribution in [2.45, 2.75) is 0 Å². The van der Waals surface area contributed by atoms with Gasteiger partial charge in [0.05, 0.1) is 27.6 Å². The molecule has 4 aromatic heterocycles. The standard InChI is InChI=1S/C44H25N3O2/c48-43-32-17-6-4-14-28(32)35-24-27(25-36-29-15-5-7-18-33(29)44(49)47(43)41(35)36)46-37-20-10-8-16-30(37)31-22-23-39-40(42(31)46)34-19-9-11-21-38(34)45(39)26-12-2-1-3-13-26/h1-25H. The zero-order valence-corrected chi connectivity index (χ0v) is 26.1. The second-order valence-corrected chi connectivity index (χ2v) is 12.8. The van der Waals surface area contributed by atoms with E-state index in [-0.39, 0.29) is 11.1 Å². The lowest BCUT2D eigenvalue weighted by molar-refractivity contribution is 1.09. The number of pyridine rings is 2. The third-order valence-corrected chi connectivity index (χ3v) is 10.4. The molecule has 7 aromatic carbocycles. The van der Waals surface area contributed by atoms with Crippen LogP contribution in [0.5, 0.6) is 0 Å². The monoisotopic (exact) mass is 627 g/mol. The summed E-state index contributed by atoms with van der Waals surface area (Å²) in [5.41, 5.74) is 6.63. The number of aromatic nitrogens is 3. The molecule has 5 heteroatoms. The minimum Gasteiger partial charge on any atom is -0.309 e. The van der Waals surface area contributed by atoms with Gasteiger partial charge in [-0.3, -0.25) is 9.59 Å². The predicted molar refractivity (Wildman–Crippen MR) is 202 cm³/mol. The highest BCUT2D eigenvalue weighted by molar-refractivity contribution is 6.27. The van der Waals surface area contributed by atoms with E-state index in [1.165, 1.54) is 20.6 Å². The molecule has 11 aromatic rings. The fourth-order valence-corrected chi connectivity index (χ4v) is 8.38. The first-order valence-electron chi connectivity index (χ1n) is 16.5. The Bertz CT molecular complexity index is 3210. The van der Waals surface area contributed by atoms with E-state index in [9.17, 15) is 9.59 Å². The minimum atomic E-state index is -0.288. The van der Waals surface area contributed by atoms with Gasteiger partial charge in [0, 0.05) is 54.5 Å². The number of fused-ring (bicyclic) bond motifs is 11. The molecular weight excluding hydrogens is 603 g/mol. The van der Waals surface area contributed by atoms with Crippen molar-refractivity contribution in [1.82, 2.24) is 13.5 Å². The minimum absolute atomic E-state index is 0.288. The number of benzene rings is 7. The van der Waals surface area contributed by atoms with Gasteiger partial charge >= 0.3 is 0 Å². The molecule has 0 spiro atoms. The number of hydrogen-bond acceptors (Lipinski definition) is 2. The lowest BCUT2D eigenvalue weighted by Crippen LogP contribution is -2.27. The molecule has 0 saturated heterocycles. The van der Waals surface area contributed by atoms with Crippen LogP contribution < -0.4 is 11.1 Å². The highest BCUT2D eigenvalue weighted by Gasteiger charge is 2.23. The maximum atomic E-state index is 14.0. The zero-order chi connectivity index (χ0) is 32.4. The second kappa shape index (κ2) is 9.43. The summed E-state index contributed by atoms with van der Waals surface area (Å²) in [7, 11) is 0. The average Bonchev–Trinajstić information content (AvgIpc) is 3.68. The highest BCUT2D eigenvalue weighted by Crippen LogP contribution is 2.43. The summed E-state index contributed by atoms with van der Waals surface area (Å²) in [6.07, 6.45) is 0. The fraction of sp³-hybridized carbons (Fsp3) is 0. The summed E-state index contributed by atoms with van der Waals surface area (Å²) in [6.45, 7) is 0. The molecule has 49 heavy (non-hydrogen) atoms. The Hall–Kier alpha value is -6.72. The van der Waals surface area contributed by atoms with Crippen LogP contribution in [0.25, 0.3) is 92.8 Å². The smallest absolute Gasteiger partial charge is 0.266 e. The second-order valence-electron chi connectivity index (χ2n) is 12.8. The molecule has 0 radical (unpaired) electrons. The van der Waals surface area contributed by atoms with Crippen LogP contribution >= 0.6 is 0 Å². The third kappa shape index (κ3) is 3.33. The highest BCUT2D eigenvalue weighted by atomic mass is 16.2. The number of nitrogens with zero attached hydrogens (tertiary/aromatic N) is 3. The molecule has 0 unspecified atom stereocenters. The molecule has 0 aliphatic carbocycles. The number of para-hydroxylation sites is 3. The molecule has 228 valence electrons. The van der Waals surface area contributed by atoms with Crippen molar-refractivity contribution in [1.29, 1.82) is 0 Å². The fourth-order valence-electron chi connectivity index (χ4n) is 8.38. The Morgan fingerprint density at radius 1 is 0.327 bits per heavy atom. The molecule has 0 bridgehead atoms. The maximum absolute atomic E-state index is 14.0. The van der Waals surface area contributed by atoms with Gasteiger partial charge in [0.2, 0.25) is 0 Å². The summed E-state index contributed by atoms with van der Waals surface area (Å²) in [4.78, 5) is 27.9. The number of rotatable bonds is 2. The molecule has 0 amide bonds. The Balaban J connectivity index is 1.40. The van der Waals surface area contributed by atoms with Crippen LogP contribution in [0, 0.1) is 0 Å². The normalized spacial score (nSPS) is 12.2. The first-order valence-corrected chi connectivity index (χ1v) is 16.5. The Kier molecular flexibility index (Phi) is 5.07. The molecule has 5 nitrogen and oxygen atoms in total. The SMILES string of the molecule is O=c1c2ccccc2c2cc(-n3c4ccccc4c4ccc5c(c6ccccc6n5-c5ccccc5)c43)cc3c4ccccc4c(=O)n1c23. The third-order valence-electron chi connectivity index (χ3n) is 10.4. The van der Waals surface area contributed by atoms with Crippen molar-refractivity contribution in [3.05, 3.63) is 172 Å². The van der Waals surface area contributed by atoms with Crippen LogP contribution in [0.2, 0.25) is 0 Å². The summed E-state index contributed by atoms with van der Waals surface area (Å²) < 4.78 is 6.12. The van der Waals surface area contributed by atoms with E-state index in [0.29, 0.717) is 16.3 Å². The van der Waals surface area contributed by atoms with Gasteiger partial charge < -0.3 is 9.13 Å². The largest absolute Gasteiger partial charge is 0.309 e. The number of hydrogen-bond donors (Lipinski definition) is 0. The van der Waals surface area contributed by atoms with Crippen LogP contribution in [0.3, 0.4) is 0 Å². The van der Waals surface area contributed by atoms with Gasteiger partial charge in [-0.25, -0.2) is 4.40 Å². The molecule has 0 N–H and O–H groups in total. The quantitative estimate of drug-likeness (QED) is 0.142. The van der Waals surface area contributed by atoms with E-state index in [1.54, 1.807) is 0 Å². The molecule has 0 fully saturated rings. The lowest BCUT2D eigenvalue weighted by Gasteiger charge is -2.16. The van der Waals surface area contributed by atoms with Crippen LogP contribution in [-0.4, -0.2) is 13.5 Å². The van der Waals surface area contributed by atoms with E-state index in [1.807, 2.05) is 48.5 Å². The lowest BCUT2D eigenvalue weighted by atomic mass is 9.98. The van der Waals surface area contributed by atoms with E-state index < -0.39 is 0 Å². The van der Waals surface area contributed by atoms with Gasteiger partial charge in [0.25, 0.3) is 11.1 Å². The Morgan fingerprint density at radius 2 is 0.837 bits per heavy atom. The summed E-state index contributed by atoms with van der Waals surface area (Å²) in [5.74, 6) is 0. The van der Waals surface area contributed by atoms with Crippen molar-refractivity contribution >= 4 is 81.4 Å². The summed E-state index contributed by atoms with van der Waals surface area (Å²) in [6, 6.07) is 51.8. The molecule has 0 aliphatic rings. The van der Waals surface area contributed by atoms with Crippen molar-refractivity contribution in [3.63, 3.8) is 0 Å². The van der Waals surface area contributed by atoms with Gasteiger partial charge in [0.15, 0.2) is 0 Å². The first-order chi connectivity index (χ1) is 24.2. The van der Waals surface area contributed by atoms with E-state index in [2.05, 4.69) is 112 Å². The van der Waals surface area contributed by atoms with Crippen molar-refractivity contribution in [3.8, 4) is 11.4 Å². The van der Waals surface area contributed by atoms with E-state index >= 15 is 0 Å². The van der Waals surface area contributed by atoms with Crippen molar-refractivity contribution in [2.75, 3.05) is 0 Å². The molecular formula is C44H25N3O2. The molecule has 0 atom stereocenters. The van der Waals surface area contributed by atoms with Gasteiger partial charge in [-0.05, 0) is 65.4 Å². The van der Waals surface area contributed by atoms with E-state index in [4.69, 9.17) is 0 Å². The average molecular weight is 628 g/mol. The molecule has 0 saturated carbocycles. The van der Waals surface area contributed by atoms with Crippen LogP contribution in [-0.2, 0) is 0 Å². The summed E-state index contributed by atoms with van der Waals surface area (Å²) in [5, 5.41) is 9.14. The van der Waals surface area contributed by atoms with Crippen LogP contribution in [0.1, 0.15) is 0 Å². The topological polar surface area (TPSA) is 48.4 Å². The van der Waals surface area contributed by atoms with Gasteiger partial charge in [0.1, 0.15) is 0 Å².